The van der Waals surface area contributed by atoms with Gasteiger partial charge in [-0.15, -0.1) is 0 Å². The molecule has 1 aliphatic heterocycles. The minimum Gasteiger partial charge on any atom is -0.305 e. The van der Waals surface area contributed by atoms with Crippen molar-refractivity contribution in [3.05, 3.63) is 66.2 Å². The van der Waals surface area contributed by atoms with Gasteiger partial charge in [0, 0.05) is 5.69 Å². The van der Waals surface area contributed by atoms with Crippen molar-refractivity contribution in [1.82, 2.24) is 0 Å². The molecular weight excluding hydrogens is 222 g/mol. The minimum absolute atomic E-state index is 0.0360. The van der Waals surface area contributed by atoms with E-state index in [4.69, 9.17) is 0 Å². The summed E-state index contributed by atoms with van der Waals surface area (Å²) in [5, 5.41) is 0. The fraction of sp³-hybridized carbons (Fsp3) is 0.0667. The molecule has 0 saturated heterocycles. The van der Waals surface area contributed by atoms with Crippen LogP contribution in [0.1, 0.15) is 11.7 Å². The van der Waals surface area contributed by atoms with Crippen molar-refractivity contribution < 1.29 is 0 Å². The van der Waals surface area contributed by atoms with Crippen molar-refractivity contribution in [2.24, 2.45) is 9.98 Å². The zero-order valence-corrected chi connectivity index (χ0v) is 9.85. The zero-order valence-electron chi connectivity index (χ0n) is 9.85. The molecule has 18 heavy (non-hydrogen) atoms. The van der Waals surface area contributed by atoms with Crippen LogP contribution in [-0.4, -0.2) is 12.7 Å². The van der Waals surface area contributed by atoms with E-state index in [1.807, 2.05) is 42.7 Å². The van der Waals surface area contributed by atoms with Gasteiger partial charge in [0.05, 0.1) is 6.34 Å². The Bertz CT molecular complexity index is 507. The highest BCUT2D eigenvalue weighted by Gasteiger charge is 2.19. The summed E-state index contributed by atoms with van der Waals surface area (Å²) in [7, 11) is 0. The predicted octanol–water partition coefficient (Wildman–Crippen LogP) is 3.26. The Balaban J connectivity index is 1.98. The number of hydrogen-bond acceptors (Lipinski definition) is 3. The fourth-order valence-electron chi connectivity index (χ4n) is 2.02. The first-order valence-electron chi connectivity index (χ1n) is 5.88. The van der Waals surface area contributed by atoms with Crippen LogP contribution in [0, 0.1) is 0 Å². The molecule has 0 spiro atoms. The SMILES string of the molecule is C1=NC=NC(c2ccccc2)N1c1ccccc1. The molecule has 2 aromatic rings. The van der Waals surface area contributed by atoms with Gasteiger partial charge in [-0.05, 0) is 17.7 Å². The third-order valence-corrected chi connectivity index (χ3v) is 2.88. The molecule has 2 aromatic carbocycles. The van der Waals surface area contributed by atoms with Crippen LogP contribution in [0.25, 0.3) is 0 Å². The Kier molecular flexibility index (Phi) is 2.88. The van der Waals surface area contributed by atoms with Gasteiger partial charge in [0.15, 0.2) is 6.17 Å². The first-order valence-corrected chi connectivity index (χ1v) is 5.88. The van der Waals surface area contributed by atoms with Gasteiger partial charge in [0.25, 0.3) is 0 Å². The summed E-state index contributed by atoms with van der Waals surface area (Å²) in [5.74, 6) is 0. The molecule has 3 nitrogen and oxygen atoms in total. The van der Waals surface area contributed by atoms with Crippen LogP contribution in [0.15, 0.2) is 70.6 Å². The summed E-state index contributed by atoms with van der Waals surface area (Å²) in [5.41, 5.74) is 2.25. The van der Waals surface area contributed by atoms with Gasteiger partial charge in [-0.3, -0.25) is 0 Å². The van der Waals surface area contributed by atoms with Crippen molar-refractivity contribution in [3.8, 4) is 0 Å². The second-order valence-corrected chi connectivity index (χ2v) is 4.06. The average Bonchev–Trinajstić information content (AvgIpc) is 2.49. The standard InChI is InChI=1S/C15H13N3/c1-3-7-13(8-4-1)15-17-11-16-12-18(15)14-9-5-2-6-10-14/h1-12,15H. The molecule has 0 bridgehead atoms. The highest BCUT2D eigenvalue weighted by Crippen LogP contribution is 2.27. The van der Waals surface area contributed by atoms with E-state index in [2.05, 4.69) is 39.2 Å². The lowest BCUT2D eigenvalue weighted by atomic mass is 10.1. The van der Waals surface area contributed by atoms with Crippen molar-refractivity contribution >= 4 is 18.4 Å². The number of aliphatic imine (C=N–C) groups is 2. The van der Waals surface area contributed by atoms with E-state index >= 15 is 0 Å². The van der Waals surface area contributed by atoms with Crippen LogP contribution in [0.3, 0.4) is 0 Å². The third kappa shape index (κ3) is 2.02. The van der Waals surface area contributed by atoms with Crippen molar-refractivity contribution in [2.45, 2.75) is 6.17 Å². The van der Waals surface area contributed by atoms with Gasteiger partial charge in [0.1, 0.15) is 6.34 Å². The van der Waals surface area contributed by atoms with E-state index in [1.165, 1.54) is 0 Å². The molecule has 0 amide bonds. The summed E-state index contributed by atoms with van der Waals surface area (Å²) < 4.78 is 0. The van der Waals surface area contributed by atoms with Crippen LogP contribution in [0.5, 0.6) is 0 Å². The summed E-state index contributed by atoms with van der Waals surface area (Å²) in [6.07, 6.45) is 3.39. The maximum absolute atomic E-state index is 4.46. The molecule has 1 heterocycles. The number of benzene rings is 2. The zero-order chi connectivity index (χ0) is 12.2. The Morgan fingerprint density at radius 2 is 1.50 bits per heavy atom. The number of anilines is 1. The maximum atomic E-state index is 4.46. The first kappa shape index (κ1) is 10.7. The summed E-state index contributed by atoms with van der Waals surface area (Å²) >= 11 is 0. The average molecular weight is 235 g/mol. The first-order chi connectivity index (χ1) is 8.95. The molecule has 3 heteroatoms. The van der Waals surface area contributed by atoms with E-state index in [0.29, 0.717) is 0 Å². The molecule has 0 saturated carbocycles. The number of hydrogen-bond donors (Lipinski definition) is 0. The Labute approximate surface area is 106 Å². The van der Waals surface area contributed by atoms with Gasteiger partial charge in [-0.2, -0.15) is 0 Å². The Morgan fingerprint density at radius 3 is 2.22 bits per heavy atom. The van der Waals surface area contributed by atoms with Gasteiger partial charge in [0.2, 0.25) is 0 Å². The predicted molar refractivity (Wildman–Crippen MR) is 75.1 cm³/mol. The van der Waals surface area contributed by atoms with Gasteiger partial charge in [-0.25, -0.2) is 9.98 Å². The quantitative estimate of drug-likeness (QED) is 0.785. The summed E-state index contributed by atoms with van der Waals surface area (Å²) in [6, 6.07) is 20.4. The lowest BCUT2D eigenvalue weighted by Gasteiger charge is -2.28. The van der Waals surface area contributed by atoms with Gasteiger partial charge < -0.3 is 4.90 Å². The molecule has 0 N–H and O–H groups in total. The van der Waals surface area contributed by atoms with E-state index in [1.54, 1.807) is 6.34 Å². The molecule has 1 aliphatic rings. The fourth-order valence-corrected chi connectivity index (χ4v) is 2.02. The van der Waals surface area contributed by atoms with Crippen molar-refractivity contribution in [2.75, 3.05) is 4.90 Å². The number of rotatable bonds is 2. The molecule has 0 fully saturated rings. The number of para-hydroxylation sites is 1. The Hall–Kier alpha value is -2.42. The molecule has 1 unspecified atom stereocenters. The third-order valence-electron chi connectivity index (χ3n) is 2.88. The van der Waals surface area contributed by atoms with Crippen LogP contribution in [0.2, 0.25) is 0 Å². The van der Waals surface area contributed by atoms with E-state index in [0.717, 1.165) is 11.3 Å². The second kappa shape index (κ2) is 4.84. The summed E-state index contributed by atoms with van der Waals surface area (Å²) in [4.78, 5) is 10.6. The normalized spacial score (nSPS) is 18.0. The smallest absolute Gasteiger partial charge is 0.153 e. The van der Waals surface area contributed by atoms with Gasteiger partial charge in [-0.1, -0.05) is 48.5 Å². The van der Waals surface area contributed by atoms with Crippen LogP contribution in [-0.2, 0) is 0 Å². The second-order valence-electron chi connectivity index (χ2n) is 4.06. The van der Waals surface area contributed by atoms with Crippen LogP contribution in [0.4, 0.5) is 5.69 Å². The van der Waals surface area contributed by atoms with E-state index in [9.17, 15) is 0 Å². The molecule has 1 atom stereocenters. The minimum atomic E-state index is -0.0360. The molecule has 88 valence electrons. The summed E-state index contributed by atoms with van der Waals surface area (Å²) in [6.45, 7) is 0. The van der Waals surface area contributed by atoms with Crippen LogP contribution >= 0.6 is 0 Å². The van der Waals surface area contributed by atoms with Gasteiger partial charge >= 0.3 is 0 Å². The Morgan fingerprint density at radius 1 is 0.833 bits per heavy atom. The molecular formula is C15H13N3. The molecule has 0 aromatic heterocycles. The van der Waals surface area contributed by atoms with Crippen molar-refractivity contribution in [1.29, 1.82) is 0 Å². The highest BCUT2D eigenvalue weighted by atomic mass is 15.3. The maximum Gasteiger partial charge on any atom is 0.153 e. The molecule has 0 radical (unpaired) electrons. The van der Waals surface area contributed by atoms with E-state index in [-0.39, 0.29) is 6.17 Å². The monoisotopic (exact) mass is 235 g/mol. The topological polar surface area (TPSA) is 28.0 Å². The highest BCUT2D eigenvalue weighted by molar-refractivity contribution is 5.87. The number of nitrogens with zero attached hydrogens (tertiary/aromatic N) is 3. The lowest BCUT2D eigenvalue weighted by Crippen LogP contribution is -2.28. The van der Waals surface area contributed by atoms with Crippen LogP contribution < -0.4 is 4.90 Å². The molecule has 0 aliphatic carbocycles. The van der Waals surface area contributed by atoms with E-state index < -0.39 is 0 Å². The largest absolute Gasteiger partial charge is 0.305 e. The lowest BCUT2D eigenvalue weighted by molar-refractivity contribution is 0.757. The molecule has 3 rings (SSSR count). The van der Waals surface area contributed by atoms with Crippen molar-refractivity contribution in [3.63, 3.8) is 0 Å².